The number of hydrogen-bond donors (Lipinski definition) is 1. The molecule has 0 saturated carbocycles. The lowest BCUT2D eigenvalue weighted by molar-refractivity contribution is 0.283. The van der Waals surface area contributed by atoms with Crippen molar-refractivity contribution >= 4 is 21.6 Å². The Bertz CT molecular complexity index is 602. The zero-order chi connectivity index (χ0) is 14.5. The van der Waals surface area contributed by atoms with Gasteiger partial charge in [-0.05, 0) is 30.3 Å². The third-order valence-electron chi connectivity index (χ3n) is 2.82. The molecular weight excluding hydrogens is 322 g/mol. The molecule has 0 spiro atoms. The van der Waals surface area contributed by atoms with Crippen LogP contribution in [0.3, 0.4) is 0 Å². The Morgan fingerprint density at radius 1 is 1.00 bits per heavy atom. The van der Waals surface area contributed by atoms with Crippen LogP contribution < -0.4 is 19.9 Å². The highest BCUT2D eigenvalue weighted by molar-refractivity contribution is 9.10. The standard InChI is InChI=1S/C15H16BrNO3/c1-18-12-4-5-13(16)10(7-12)9-20-14-6-3-11(17)8-15(14)19-2/h3-8H,9,17H2,1-2H3. The van der Waals surface area contributed by atoms with Crippen LogP contribution in [0.5, 0.6) is 17.2 Å². The summed E-state index contributed by atoms with van der Waals surface area (Å²) < 4.78 is 17.2. The van der Waals surface area contributed by atoms with Crippen molar-refractivity contribution in [3.8, 4) is 17.2 Å². The lowest BCUT2D eigenvalue weighted by Crippen LogP contribution is -1.99. The first-order valence-electron chi connectivity index (χ1n) is 6.02. The number of anilines is 1. The number of nitrogens with two attached hydrogens (primary N) is 1. The van der Waals surface area contributed by atoms with Gasteiger partial charge in [0.15, 0.2) is 11.5 Å². The highest BCUT2D eigenvalue weighted by atomic mass is 79.9. The van der Waals surface area contributed by atoms with Crippen LogP contribution in [-0.2, 0) is 6.61 Å². The van der Waals surface area contributed by atoms with Gasteiger partial charge in [-0.1, -0.05) is 15.9 Å². The van der Waals surface area contributed by atoms with Crippen molar-refractivity contribution < 1.29 is 14.2 Å². The summed E-state index contributed by atoms with van der Waals surface area (Å²) in [5.74, 6) is 2.05. The van der Waals surface area contributed by atoms with Crippen molar-refractivity contribution in [3.05, 3.63) is 46.4 Å². The molecule has 0 unspecified atom stereocenters. The molecule has 2 aromatic rings. The van der Waals surface area contributed by atoms with Gasteiger partial charge in [-0.2, -0.15) is 0 Å². The van der Waals surface area contributed by atoms with Gasteiger partial charge in [0.2, 0.25) is 0 Å². The van der Waals surface area contributed by atoms with E-state index in [4.69, 9.17) is 19.9 Å². The molecule has 5 heteroatoms. The number of nitrogen functional groups attached to an aromatic ring is 1. The molecule has 4 nitrogen and oxygen atoms in total. The molecule has 0 amide bonds. The third-order valence-corrected chi connectivity index (χ3v) is 3.60. The summed E-state index contributed by atoms with van der Waals surface area (Å²) in [5, 5.41) is 0. The molecule has 0 saturated heterocycles. The fraction of sp³-hybridized carbons (Fsp3) is 0.200. The molecule has 0 fully saturated rings. The number of rotatable bonds is 5. The molecule has 0 aliphatic rings. The number of methoxy groups -OCH3 is 2. The van der Waals surface area contributed by atoms with Crippen molar-refractivity contribution in [2.45, 2.75) is 6.61 Å². The Kier molecular flexibility index (Phi) is 4.74. The van der Waals surface area contributed by atoms with Gasteiger partial charge in [0.05, 0.1) is 14.2 Å². The fourth-order valence-corrected chi connectivity index (χ4v) is 2.11. The third kappa shape index (κ3) is 3.36. The number of ether oxygens (including phenoxy) is 3. The van der Waals surface area contributed by atoms with Crippen LogP contribution in [0.1, 0.15) is 5.56 Å². The van der Waals surface area contributed by atoms with Crippen LogP contribution >= 0.6 is 15.9 Å². The minimum absolute atomic E-state index is 0.401. The molecule has 20 heavy (non-hydrogen) atoms. The monoisotopic (exact) mass is 337 g/mol. The van der Waals surface area contributed by atoms with E-state index < -0.39 is 0 Å². The van der Waals surface area contributed by atoms with Crippen LogP contribution in [0.25, 0.3) is 0 Å². The molecule has 0 bridgehead atoms. The lowest BCUT2D eigenvalue weighted by atomic mass is 10.2. The Labute approximate surface area is 126 Å². The van der Waals surface area contributed by atoms with Gasteiger partial charge in [0.1, 0.15) is 12.4 Å². The summed E-state index contributed by atoms with van der Waals surface area (Å²) in [5.41, 5.74) is 7.34. The van der Waals surface area contributed by atoms with Crippen LogP contribution in [0, 0.1) is 0 Å². The minimum Gasteiger partial charge on any atom is -0.497 e. The summed E-state index contributed by atoms with van der Waals surface area (Å²) in [6.07, 6.45) is 0. The Balaban J connectivity index is 2.16. The summed E-state index contributed by atoms with van der Waals surface area (Å²) in [4.78, 5) is 0. The van der Waals surface area contributed by atoms with E-state index in [1.807, 2.05) is 18.2 Å². The van der Waals surface area contributed by atoms with Gasteiger partial charge >= 0.3 is 0 Å². The van der Waals surface area contributed by atoms with Crippen molar-refractivity contribution in [1.82, 2.24) is 0 Å². The second kappa shape index (κ2) is 6.52. The number of halogens is 1. The number of benzene rings is 2. The molecule has 0 atom stereocenters. The van der Waals surface area contributed by atoms with Crippen LogP contribution in [0.4, 0.5) is 5.69 Å². The minimum atomic E-state index is 0.401. The predicted octanol–water partition coefficient (Wildman–Crippen LogP) is 3.63. The summed E-state index contributed by atoms with van der Waals surface area (Å²) in [6.45, 7) is 0.401. The van der Waals surface area contributed by atoms with Gasteiger partial charge in [0, 0.05) is 21.8 Å². The molecule has 0 aliphatic heterocycles. The van der Waals surface area contributed by atoms with Crippen molar-refractivity contribution in [1.29, 1.82) is 0 Å². The summed E-state index contributed by atoms with van der Waals surface area (Å²) in [7, 11) is 3.22. The molecule has 0 radical (unpaired) electrons. The second-order valence-corrected chi connectivity index (χ2v) is 5.01. The van der Waals surface area contributed by atoms with Crippen molar-refractivity contribution in [2.24, 2.45) is 0 Å². The van der Waals surface area contributed by atoms with E-state index in [0.717, 1.165) is 15.8 Å². The van der Waals surface area contributed by atoms with Gasteiger partial charge in [-0.25, -0.2) is 0 Å². The quantitative estimate of drug-likeness (QED) is 0.846. The van der Waals surface area contributed by atoms with Gasteiger partial charge in [-0.3, -0.25) is 0 Å². The van der Waals surface area contributed by atoms with Gasteiger partial charge in [-0.15, -0.1) is 0 Å². The largest absolute Gasteiger partial charge is 0.497 e. The van der Waals surface area contributed by atoms with E-state index in [2.05, 4.69) is 15.9 Å². The molecule has 2 aromatic carbocycles. The van der Waals surface area contributed by atoms with E-state index in [0.29, 0.717) is 23.8 Å². The first-order chi connectivity index (χ1) is 9.63. The summed E-state index contributed by atoms with van der Waals surface area (Å²) in [6, 6.07) is 11.0. The fourth-order valence-electron chi connectivity index (χ4n) is 1.75. The molecule has 2 rings (SSSR count). The maximum absolute atomic E-state index is 5.78. The molecule has 0 heterocycles. The van der Waals surface area contributed by atoms with E-state index in [1.54, 1.807) is 32.4 Å². The summed E-state index contributed by atoms with van der Waals surface area (Å²) >= 11 is 3.49. The first kappa shape index (κ1) is 14.5. The normalized spacial score (nSPS) is 10.2. The van der Waals surface area contributed by atoms with Crippen LogP contribution in [0.2, 0.25) is 0 Å². The van der Waals surface area contributed by atoms with Crippen LogP contribution in [-0.4, -0.2) is 14.2 Å². The Morgan fingerprint density at radius 2 is 1.80 bits per heavy atom. The molecule has 0 aliphatic carbocycles. The van der Waals surface area contributed by atoms with E-state index in [9.17, 15) is 0 Å². The van der Waals surface area contributed by atoms with E-state index >= 15 is 0 Å². The molecule has 0 aromatic heterocycles. The van der Waals surface area contributed by atoms with Gasteiger partial charge < -0.3 is 19.9 Å². The Morgan fingerprint density at radius 3 is 2.50 bits per heavy atom. The Hall–Kier alpha value is -1.88. The second-order valence-electron chi connectivity index (χ2n) is 4.16. The van der Waals surface area contributed by atoms with Crippen molar-refractivity contribution in [3.63, 3.8) is 0 Å². The highest BCUT2D eigenvalue weighted by Gasteiger charge is 2.07. The molecule has 2 N–H and O–H groups in total. The molecule has 106 valence electrons. The topological polar surface area (TPSA) is 53.7 Å². The zero-order valence-corrected chi connectivity index (χ0v) is 12.9. The molecular formula is C15H16BrNO3. The maximum Gasteiger partial charge on any atom is 0.162 e. The lowest BCUT2D eigenvalue weighted by Gasteiger charge is -2.12. The average molecular weight is 338 g/mol. The van der Waals surface area contributed by atoms with Crippen molar-refractivity contribution in [2.75, 3.05) is 20.0 Å². The first-order valence-corrected chi connectivity index (χ1v) is 6.82. The zero-order valence-electron chi connectivity index (χ0n) is 11.4. The predicted molar refractivity (Wildman–Crippen MR) is 82.4 cm³/mol. The SMILES string of the molecule is COc1ccc(Br)c(COc2ccc(N)cc2OC)c1. The van der Waals surface area contributed by atoms with Gasteiger partial charge in [0.25, 0.3) is 0 Å². The van der Waals surface area contributed by atoms with E-state index in [-0.39, 0.29) is 0 Å². The smallest absolute Gasteiger partial charge is 0.162 e. The maximum atomic E-state index is 5.78. The average Bonchev–Trinajstić information content (AvgIpc) is 2.47. The number of hydrogen-bond acceptors (Lipinski definition) is 4. The highest BCUT2D eigenvalue weighted by Crippen LogP contribution is 2.31. The van der Waals surface area contributed by atoms with Crippen LogP contribution in [0.15, 0.2) is 40.9 Å². The van der Waals surface area contributed by atoms with E-state index in [1.165, 1.54) is 0 Å².